The van der Waals surface area contributed by atoms with Gasteiger partial charge in [0.05, 0.1) is 32.7 Å². The van der Waals surface area contributed by atoms with E-state index in [4.69, 9.17) is 9.47 Å². The van der Waals surface area contributed by atoms with Crippen molar-refractivity contribution in [2.75, 3.05) is 6.61 Å². The monoisotopic (exact) mass is 502 g/mol. The van der Waals surface area contributed by atoms with Crippen LogP contribution in [0.4, 0.5) is 0 Å². The van der Waals surface area contributed by atoms with E-state index in [1.54, 1.807) is 6.20 Å². The molecular formula is C12H16I2N4O2. The fraction of sp³-hybridized carbons (Fsp3) is 0.500. The predicted octanol–water partition coefficient (Wildman–Crippen LogP) is 2.65. The summed E-state index contributed by atoms with van der Waals surface area (Å²) in [5, 5.41) is 10.6. The van der Waals surface area contributed by atoms with Gasteiger partial charge in [-0.05, 0) is 59.0 Å². The van der Waals surface area contributed by atoms with E-state index in [0.29, 0.717) is 6.61 Å². The molecule has 0 spiro atoms. The second-order valence-electron chi connectivity index (χ2n) is 4.75. The smallest absolute Gasteiger partial charge is 0.163 e. The Morgan fingerprint density at radius 1 is 1.40 bits per heavy atom. The molecule has 1 unspecified atom stereocenters. The molecule has 3 heterocycles. The summed E-state index contributed by atoms with van der Waals surface area (Å²) in [5.74, 6) is -0.440. The maximum Gasteiger partial charge on any atom is 0.163 e. The zero-order chi connectivity index (χ0) is 14.6. The van der Waals surface area contributed by atoms with Crippen molar-refractivity contribution >= 4 is 45.2 Å². The van der Waals surface area contributed by atoms with Crippen LogP contribution < -0.4 is 0 Å². The third kappa shape index (κ3) is 5.30. The van der Waals surface area contributed by atoms with Crippen molar-refractivity contribution in [3.8, 4) is 0 Å². The lowest BCUT2D eigenvalue weighted by Crippen LogP contribution is -2.24. The molecular weight excluding hydrogens is 486 g/mol. The largest absolute Gasteiger partial charge is 0.348 e. The zero-order valence-corrected chi connectivity index (χ0v) is 15.5. The van der Waals surface area contributed by atoms with Gasteiger partial charge < -0.3 is 9.47 Å². The molecule has 0 bridgehead atoms. The molecule has 1 N–H and O–H groups in total. The van der Waals surface area contributed by atoms with E-state index in [9.17, 15) is 0 Å². The number of hydrogen-bond donors (Lipinski definition) is 1. The summed E-state index contributed by atoms with van der Waals surface area (Å²) in [6.07, 6.45) is 7.54. The second kappa shape index (κ2) is 7.18. The zero-order valence-electron chi connectivity index (χ0n) is 11.2. The third-order valence-electron chi connectivity index (χ3n) is 2.52. The van der Waals surface area contributed by atoms with Crippen molar-refractivity contribution in [2.24, 2.45) is 0 Å². The molecule has 0 saturated carbocycles. The molecule has 0 amide bonds. The molecule has 1 fully saturated rings. The van der Waals surface area contributed by atoms with E-state index in [1.165, 1.54) is 0 Å². The summed E-state index contributed by atoms with van der Waals surface area (Å²) >= 11 is 4.42. The van der Waals surface area contributed by atoms with E-state index < -0.39 is 5.79 Å². The van der Waals surface area contributed by atoms with Crippen LogP contribution in [0.1, 0.15) is 13.8 Å². The number of aromatic nitrogens is 4. The summed E-state index contributed by atoms with van der Waals surface area (Å²) < 4.78 is 15.3. The number of halogens is 2. The summed E-state index contributed by atoms with van der Waals surface area (Å²) in [4.78, 5) is 0. The van der Waals surface area contributed by atoms with Gasteiger partial charge in [0.15, 0.2) is 5.79 Å². The lowest BCUT2D eigenvalue weighted by molar-refractivity contribution is -0.139. The van der Waals surface area contributed by atoms with E-state index in [2.05, 4.69) is 60.5 Å². The highest BCUT2D eigenvalue weighted by atomic mass is 127. The molecule has 1 saturated heterocycles. The molecule has 6 nitrogen and oxygen atoms in total. The first-order chi connectivity index (χ1) is 9.44. The highest BCUT2D eigenvalue weighted by Crippen LogP contribution is 2.23. The Morgan fingerprint density at radius 3 is 2.60 bits per heavy atom. The average molecular weight is 502 g/mol. The minimum absolute atomic E-state index is 0.112. The van der Waals surface area contributed by atoms with Gasteiger partial charge in [0.25, 0.3) is 0 Å². The fourth-order valence-electron chi connectivity index (χ4n) is 1.73. The summed E-state index contributed by atoms with van der Waals surface area (Å²) in [6, 6.07) is 0. The predicted molar refractivity (Wildman–Crippen MR) is 91.2 cm³/mol. The Hall–Kier alpha value is -0.200. The molecule has 0 aromatic carbocycles. The first-order valence-corrected chi connectivity index (χ1v) is 8.24. The van der Waals surface area contributed by atoms with Crippen molar-refractivity contribution in [3.05, 3.63) is 31.9 Å². The topological polar surface area (TPSA) is 65.0 Å². The molecule has 3 rings (SSSR count). The molecule has 1 atom stereocenters. The van der Waals surface area contributed by atoms with Crippen molar-refractivity contribution < 1.29 is 9.47 Å². The van der Waals surface area contributed by atoms with Crippen LogP contribution >= 0.6 is 45.2 Å². The van der Waals surface area contributed by atoms with Gasteiger partial charge in [-0.3, -0.25) is 9.78 Å². The minimum atomic E-state index is -0.440. The number of ether oxygens (including phenoxy) is 2. The minimum Gasteiger partial charge on any atom is -0.348 e. The van der Waals surface area contributed by atoms with Crippen molar-refractivity contribution in [1.29, 1.82) is 0 Å². The molecule has 2 aromatic heterocycles. The number of nitrogens with one attached hydrogen (secondary N) is 1. The molecule has 0 radical (unpaired) electrons. The van der Waals surface area contributed by atoms with E-state index in [-0.39, 0.29) is 6.10 Å². The first kappa shape index (κ1) is 16.2. The van der Waals surface area contributed by atoms with Gasteiger partial charge in [-0.2, -0.15) is 10.2 Å². The Labute approximate surface area is 144 Å². The molecule has 1 aliphatic rings. The Bertz CT molecular complexity index is 527. The molecule has 110 valence electrons. The average Bonchev–Trinajstić information content (AvgIpc) is 3.05. The van der Waals surface area contributed by atoms with Crippen LogP contribution in [0.2, 0.25) is 0 Å². The fourth-order valence-corrected chi connectivity index (χ4v) is 2.46. The molecule has 1 aliphatic heterocycles. The van der Waals surface area contributed by atoms with Crippen LogP contribution in [0.3, 0.4) is 0 Å². The highest BCUT2D eigenvalue weighted by molar-refractivity contribution is 14.1. The van der Waals surface area contributed by atoms with Gasteiger partial charge in [-0.1, -0.05) is 0 Å². The van der Waals surface area contributed by atoms with Gasteiger partial charge in [-0.25, -0.2) is 0 Å². The molecule has 20 heavy (non-hydrogen) atoms. The van der Waals surface area contributed by atoms with E-state index in [0.717, 1.165) is 13.7 Å². The van der Waals surface area contributed by atoms with Gasteiger partial charge in [0.2, 0.25) is 0 Å². The van der Waals surface area contributed by atoms with Gasteiger partial charge in [0.1, 0.15) is 6.10 Å². The van der Waals surface area contributed by atoms with Crippen LogP contribution in [-0.4, -0.2) is 38.5 Å². The van der Waals surface area contributed by atoms with Crippen molar-refractivity contribution in [2.45, 2.75) is 32.3 Å². The molecule has 8 heteroatoms. The highest BCUT2D eigenvalue weighted by Gasteiger charge is 2.32. The number of H-pyrrole nitrogens is 1. The third-order valence-corrected chi connectivity index (χ3v) is 3.67. The SMILES string of the molecule is CC1(C)OCC(Cn2cc(I)cn2)O1.Ic1cn[nH]c1. The Morgan fingerprint density at radius 2 is 2.20 bits per heavy atom. The van der Waals surface area contributed by atoms with Gasteiger partial charge in [0, 0.05) is 12.4 Å². The lowest BCUT2D eigenvalue weighted by Gasteiger charge is -2.16. The first-order valence-electron chi connectivity index (χ1n) is 6.08. The van der Waals surface area contributed by atoms with Crippen molar-refractivity contribution in [3.63, 3.8) is 0 Å². The number of nitrogens with zero attached hydrogens (tertiary/aromatic N) is 3. The van der Waals surface area contributed by atoms with Crippen LogP contribution in [0.5, 0.6) is 0 Å². The number of hydrogen-bond acceptors (Lipinski definition) is 4. The lowest BCUT2D eigenvalue weighted by atomic mass is 10.4. The van der Waals surface area contributed by atoms with Crippen LogP contribution in [0.15, 0.2) is 24.8 Å². The van der Waals surface area contributed by atoms with E-state index in [1.807, 2.05) is 37.1 Å². The van der Waals surface area contributed by atoms with Crippen LogP contribution in [0.25, 0.3) is 0 Å². The maximum absolute atomic E-state index is 5.68. The van der Waals surface area contributed by atoms with E-state index >= 15 is 0 Å². The second-order valence-corrected chi connectivity index (χ2v) is 7.24. The van der Waals surface area contributed by atoms with Crippen LogP contribution in [-0.2, 0) is 16.0 Å². The normalized spacial score (nSPS) is 20.5. The van der Waals surface area contributed by atoms with Gasteiger partial charge >= 0.3 is 0 Å². The Balaban J connectivity index is 0.000000205. The number of rotatable bonds is 2. The van der Waals surface area contributed by atoms with Gasteiger partial charge in [-0.15, -0.1) is 0 Å². The summed E-state index contributed by atoms with van der Waals surface area (Å²) in [7, 11) is 0. The Kier molecular flexibility index (Phi) is 5.81. The number of aromatic amines is 1. The van der Waals surface area contributed by atoms with Crippen molar-refractivity contribution in [1.82, 2.24) is 20.0 Å². The van der Waals surface area contributed by atoms with Crippen LogP contribution in [0, 0.1) is 7.14 Å². The standard InChI is InChI=1S/C9H13IN2O2.C3H3IN2/c1-9(2)13-6-8(14-9)5-12-4-7(10)3-11-12;4-3-1-5-6-2-3/h3-4,8H,5-6H2,1-2H3;1-2H,(H,5,6). The molecule has 2 aromatic rings. The summed E-state index contributed by atoms with van der Waals surface area (Å²) in [5.41, 5.74) is 0. The quantitative estimate of drug-likeness (QED) is 0.642. The maximum atomic E-state index is 5.68. The summed E-state index contributed by atoms with van der Waals surface area (Å²) in [6.45, 7) is 5.26. The molecule has 0 aliphatic carbocycles.